The third-order valence-corrected chi connectivity index (χ3v) is 3.87. The smallest absolute Gasteiger partial charge is 0.377 e. The van der Waals surface area contributed by atoms with Crippen LogP contribution in [0.15, 0.2) is 30.7 Å². The van der Waals surface area contributed by atoms with Crippen molar-refractivity contribution in [3.05, 3.63) is 41.4 Å². The van der Waals surface area contributed by atoms with E-state index in [4.69, 9.17) is 11.6 Å². The van der Waals surface area contributed by atoms with Gasteiger partial charge in [0.25, 0.3) is 0 Å². The molecule has 0 amide bonds. The number of aromatic nitrogens is 4. The number of hydrogen-bond acceptors (Lipinski definition) is 4. The predicted octanol–water partition coefficient (Wildman–Crippen LogP) is 3.15. The number of rotatable bonds is 5. The lowest BCUT2D eigenvalue weighted by Gasteiger charge is -2.13. The third-order valence-electron chi connectivity index (χ3n) is 3.66. The summed E-state index contributed by atoms with van der Waals surface area (Å²) in [7, 11) is 1.74. The molecule has 0 unspecified atom stereocenters. The maximum Gasteiger partial charge on any atom is 0.377 e. The Balaban J connectivity index is 2.09. The van der Waals surface area contributed by atoms with E-state index in [9.17, 15) is 13.6 Å². The molecular formula is C16H15ClF2N4O2. The van der Waals surface area contributed by atoms with E-state index < -0.39 is 18.3 Å². The molecule has 0 N–H and O–H groups in total. The van der Waals surface area contributed by atoms with Gasteiger partial charge < -0.3 is 4.74 Å². The number of pyridine rings is 1. The van der Waals surface area contributed by atoms with E-state index in [1.807, 2.05) is 0 Å². The number of hydrogen-bond donors (Lipinski definition) is 0. The van der Waals surface area contributed by atoms with Gasteiger partial charge in [0, 0.05) is 24.8 Å². The highest BCUT2D eigenvalue weighted by molar-refractivity contribution is 6.29. The predicted molar refractivity (Wildman–Crippen MR) is 88.1 cm³/mol. The van der Waals surface area contributed by atoms with Crippen molar-refractivity contribution in [3.63, 3.8) is 0 Å². The normalized spacial score (nSPS) is 11.9. The summed E-state index contributed by atoms with van der Waals surface area (Å²) in [4.78, 5) is 15.7. The van der Waals surface area contributed by atoms with Gasteiger partial charge in [0.15, 0.2) is 0 Å². The van der Waals surface area contributed by atoms with Crippen molar-refractivity contribution in [3.8, 4) is 5.69 Å². The Labute approximate surface area is 147 Å². The van der Waals surface area contributed by atoms with Crippen LogP contribution in [0.3, 0.4) is 0 Å². The van der Waals surface area contributed by atoms with Crippen LogP contribution in [-0.4, -0.2) is 37.8 Å². The summed E-state index contributed by atoms with van der Waals surface area (Å²) in [6.07, 6.45) is 4.02. The molecule has 132 valence electrons. The van der Waals surface area contributed by atoms with Gasteiger partial charge in [-0.3, -0.25) is 9.25 Å². The van der Waals surface area contributed by atoms with E-state index in [2.05, 4.69) is 14.8 Å². The lowest BCUT2D eigenvalue weighted by atomic mass is 10.1. The molecule has 0 atom stereocenters. The molecule has 0 aromatic carbocycles. The maximum absolute atomic E-state index is 14.2. The summed E-state index contributed by atoms with van der Waals surface area (Å²) >= 11 is 5.95. The number of carbonyl (C=O) groups is 1. The number of nitrogens with zero attached hydrogens (tertiary/aromatic N) is 4. The second-order valence-electron chi connectivity index (χ2n) is 5.50. The minimum absolute atomic E-state index is 0.108. The first kappa shape index (κ1) is 17.3. The summed E-state index contributed by atoms with van der Waals surface area (Å²) in [6.45, 7) is 1.37. The second-order valence-corrected chi connectivity index (χ2v) is 5.89. The molecule has 0 saturated heterocycles. The highest BCUT2D eigenvalue weighted by Crippen LogP contribution is 2.30. The molecule has 0 fully saturated rings. The van der Waals surface area contributed by atoms with Gasteiger partial charge in [-0.15, -0.1) is 0 Å². The van der Waals surface area contributed by atoms with Crippen molar-refractivity contribution < 1.29 is 18.3 Å². The summed E-state index contributed by atoms with van der Waals surface area (Å²) in [5.41, 5.74) is 1.32. The van der Waals surface area contributed by atoms with E-state index in [-0.39, 0.29) is 17.3 Å². The Kier molecular flexibility index (Phi) is 4.47. The van der Waals surface area contributed by atoms with Crippen LogP contribution < -0.4 is 0 Å². The molecule has 3 rings (SSSR count). The molecule has 0 saturated carbocycles. The number of aryl methyl sites for hydroxylation is 1. The molecule has 25 heavy (non-hydrogen) atoms. The number of carbonyl (C=O) groups excluding carboxylic acids is 1. The quantitative estimate of drug-likeness (QED) is 0.512. The van der Waals surface area contributed by atoms with Gasteiger partial charge in [0.05, 0.1) is 24.9 Å². The van der Waals surface area contributed by atoms with Crippen molar-refractivity contribution in [2.45, 2.75) is 19.3 Å². The molecule has 0 bridgehead atoms. The zero-order valence-electron chi connectivity index (χ0n) is 13.5. The highest BCUT2D eigenvalue weighted by atomic mass is 35.5. The second kappa shape index (κ2) is 6.44. The van der Waals surface area contributed by atoms with Crippen molar-refractivity contribution >= 4 is 28.6 Å². The number of alkyl halides is 2. The first-order valence-corrected chi connectivity index (χ1v) is 7.90. The zero-order chi connectivity index (χ0) is 18.2. The highest BCUT2D eigenvalue weighted by Gasteiger charge is 2.41. The van der Waals surface area contributed by atoms with Crippen LogP contribution >= 0.6 is 11.6 Å². The summed E-state index contributed by atoms with van der Waals surface area (Å²) in [5, 5.41) is 4.79. The van der Waals surface area contributed by atoms with Gasteiger partial charge in [-0.25, -0.2) is 9.78 Å². The van der Waals surface area contributed by atoms with Crippen LogP contribution in [0.25, 0.3) is 16.7 Å². The van der Waals surface area contributed by atoms with Gasteiger partial charge in [-0.2, -0.15) is 13.9 Å². The van der Waals surface area contributed by atoms with E-state index >= 15 is 0 Å². The Morgan fingerprint density at radius 2 is 2.12 bits per heavy atom. The van der Waals surface area contributed by atoms with Crippen LogP contribution in [0.5, 0.6) is 0 Å². The topological polar surface area (TPSA) is 61.9 Å². The first-order valence-electron chi connectivity index (χ1n) is 7.52. The fraction of sp³-hybridized carbons (Fsp3) is 0.312. The van der Waals surface area contributed by atoms with Gasteiger partial charge >= 0.3 is 11.9 Å². The molecule has 0 aliphatic rings. The standard InChI is InChI=1S/C16H15ClF2N4O2/c1-3-25-15(24)16(18,19)6-10-8-23(11-7-20-22(2)9-11)14-12(10)4-5-13(17)21-14/h4-5,7-9H,3,6H2,1-2H3. The lowest BCUT2D eigenvalue weighted by molar-refractivity contribution is -0.171. The Morgan fingerprint density at radius 3 is 2.76 bits per heavy atom. The zero-order valence-corrected chi connectivity index (χ0v) is 14.3. The number of ether oxygens (including phenoxy) is 1. The number of esters is 1. The average molecular weight is 369 g/mol. The van der Waals surface area contributed by atoms with E-state index in [1.165, 1.54) is 19.2 Å². The van der Waals surface area contributed by atoms with Crippen molar-refractivity contribution in [1.82, 2.24) is 19.3 Å². The molecule has 3 aromatic rings. The minimum atomic E-state index is -3.64. The van der Waals surface area contributed by atoms with Crippen molar-refractivity contribution in [2.75, 3.05) is 6.61 Å². The molecular weight excluding hydrogens is 354 g/mol. The lowest BCUT2D eigenvalue weighted by Crippen LogP contribution is -2.33. The van der Waals surface area contributed by atoms with E-state index in [0.29, 0.717) is 16.7 Å². The molecule has 0 spiro atoms. The molecule has 6 nitrogen and oxygen atoms in total. The number of halogens is 3. The first-order chi connectivity index (χ1) is 11.8. The van der Waals surface area contributed by atoms with Gasteiger partial charge in [0.2, 0.25) is 0 Å². The molecule has 3 heterocycles. The summed E-state index contributed by atoms with van der Waals surface area (Å²) in [6, 6.07) is 3.12. The molecule has 0 radical (unpaired) electrons. The molecule has 0 aliphatic carbocycles. The van der Waals surface area contributed by atoms with Crippen molar-refractivity contribution in [1.29, 1.82) is 0 Å². The fourth-order valence-corrected chi connectivity index (χ4v) is 2.71. The Hall–Kier alpha value is -2.48. The van der Waals surface area contributed by atoms with E-state index in [0.717, 1.165) is 0 Å². The average Bonchev–Trinajstić information content (AvgIpc) is 3.11. The van der Waals surface area contributed by atoms with Crippen LogP contribution in [0, 0.1) is 0 Å². The van der Waals surface area contributed by atoms with Gasteiger partial charge in [0.1, 0.15) is 10.8 Å². The number of fused-ring (bicyclic) bond motifs is 1. The van der Waals surface area contributed by atoms with Crippen LogP contribution in [0.1, 0.15) is 12.5 Å². The summed E-state index contributed by atoms with van der Waals surface area (Å²) < 4.78 is 36.0. The maximum atomic E-state index is 14.2. The monoisotopic (exact) mass is 368 g/mol. The molecule has 0 aliphatic heterocycles. The van der Waals surface area contributed by atoms with Crippen LogP contribution in [0.2, 0.25) is 5.15 Å². The van der Waals surface area contributed by atoms with Gasteiger partial charge in [-0.05, 0) is 24.6 Å². The largest absolute Gasteiger partial charge is 0.462 e. The van der Waals surface area contributed by atoms with Crippen LogP contribution in [-0.2, 0) is 23.0 Å². The summed E-state index contributed by atoms with van der Waals surface area (Å²) in [5.74, 6) is -5.18. The Morgan fingerprint density at radius 1 is 1.36 bits per heavy atom. The third kappa shape index (κ3) is 3.34. The van der Waals surface area contributed by atoms with E-state index in [1.54, 1.807) is 34.8 Å². The van der Waals surface area contributed by atoms with Gasteiger partial charge in [-0.1, -0.05) is 11.6 Å². The Bertz CT molecular complexity index is 936. The van der Waals surface area contributed by atoms with Crippen LogP contribution in [0.4, 0.5) is 8.78 Å². The fourth-order valence-electron chi connectivity index (χ4n) is 2.56. The SMILES string of the molecule is CCOC(=O)C(F)(F)Cc1cn(-c2cnn(C)c2)c2nc(Cl)ccc12. The molecule has 9 heteroatoms. The minimum Gasteiger partial charge on any atom is -0.462 e. The van der Waals surface area contributed by atoms with Crippen molar-refractivity contribution in [2.24, 2.45) is 7.05 Å². The molecule has 3 aromatic heterocycles.